The van der Waals surface area contributed by atoms with Crippen LogP contribution in [0.1, 0.15) is 28.0 Å². The summed E-state index contributed by atoms with van der Waals surface area (Å²) >= 11 is 0. The molecule has 0 bridgehead atoms. The summed E-state index contributed by atoms with van der Waals surface area (Å²) in [5.41, 5.74) is 2.77. The van der Waals surface area contributed by atoms with Gasteiger partial charge in [-0.05, 0) is 24.1 Å². The summed E-state index contributed by atoms with van der Waals surface area (Å²) in [6.45, 7) is 1.98. The van der Waals surface area contributed by atoms with Crippen LogP contribution >= 0.6 is 0 Å². The lowest BCUT2D eigenvalue weighted by atomic mass is 9.99. The maximum Gasteiger partial charge on any atom is 0.282 e. The number of nitrogens with zero attached hydrogens (tertiary/aromatic N) is 2. The van der Waals surface area contributed by atoms with Crippen molar-refractivity contribution >= 4 is 11.6 Å². The van der Waals surface area contributed by atoms with E-state index in [0.717, 1.165) is 16.7 Å². The van der Waals surface area contributed by atoms with E-state index in [4.69, 9.17) is 0 Å². The van der Waals surface area contributed by atoms with E-state index in [9.17, 15) is 13.6 Å². The number of nitrogens with one attached hydrogen (secondary N) is 1. The van der Waals surface area contributed by atoms with E-state index in [2.05, 4.69) is 10.4 Å². The van der Waals surface area contributed by atoms with Crippen LogP contribution in [0.3, 0.4) is 0 Å². The molecule has 0 radical (unpaired) electrons. The van der Waals surface area contributed by atoms with Crippen molar-refractivity contribution in [2.24, 2.45) is 7.05 Å². The third kappa shape index (κ3) is 3.42. The maximum absolute atomic E-state index is 13.1. The van der Waals surface area contributed by atoms with Gasteiger partial charge in [-0.25, -0.2) is 8.78 Å². The van der Waals surface area contributed by atoms with Crippen molar-refractivity contribution in [2.75, 3.05) is 5.32 Å². The number of amides is 1. The van der Waals surface area contributed by atoms with Gasteiger partial charge in [-0.1, -0.05) is 42.5 Å². The van der Waals surface area contributed by atoms with Crippen LogP contribution < -0.4 is 5.32 Å². The smallest absolute Gasteiger partial charge is 0.282 e. The normalized spacial score (nSPS) is 10.9. The van der Waals surface area contributed by atoms with E-state index in [-0.39, 0.29) is 5.56 Å². The molecule has 25 heavy (non-hydrogen) atoms. The molecule has 0 atom stereocenters. The Kier molecular flexibility index (Phi) is 4.61. The number of hydrogen-bond acceptors (Lipinski definition) is 2. The zero-order valence-corrected chi connectivity index (χ0v) is 13.8. The molecule has 1 heterocycles. The second kappa shape index (κ2) is 6.84. The lowest BCUT2D eigenvalue weighted by Crippen LogP contribution is -2.14. The second-order valence-corrected chi connectivity index (χ2v) is 5.72. The number of aryl methyl sites for hydroxylation is 2. The third-order valence-corrected chi connectivity index (χ3v) is 3.92. The molecule has 3 rings (SSSR count). The number of carbonyl (C=O) groups is 1. The second-order valence-electron chi connectivity index (χ2n) is 5.72. The molecule has 0 unspecified atom stereocenters. The summed E-state index contributed by atoms with van der Waals surface area (Å²) < 4.78 is 27.4. The van der Waals surface area contributed by atoms with E-state index in [1.165, 1.54) is 17.9 Å². The standard InChI is InChI=1S/C19H17F2N3O/c1-12-7-3-4-8-13(12)14-9-5-6-10-16(14)22-19(25)15-11-24(2)23-17(15)18(20)21/h3-11,18H,1-2H3,(H,22,25). The first-order valence-corrected chi connectivity index (χ1v) is 7.75. The monoisotopic (exact) mass is 341 g/mol. The Morgan fingerprint density at radius 1 is 1.08 bits per heavy atom. The highest BCUT2D eigenvalue weighted by Crippen LogP contribution is 2.31. The lowest BCUT2D eigenvalue weighted by Gasteiger charge is -2.13. The first kappa shape index (κ1) is 16.8. The molecule has 2 aromatic carbocycles. The molecule has 1 aromatic heterocycles. The quantitative estimate of drug-likeness (QED) is 0.755. The Morgan fingerprint density at radius 2 is 1.72 bits per heavy atom. The maximum atomic E-state index is 13.1. The van der Waals surface area contributed by atoms with Gasteiger partial charge in [0.15, 0.2) is 0 Å². The van der Waals surface area contributed by atoms with Crippen molar-refractivity contribution in [1.82, 2.24) is 9.78 Å². The van der Waals surface area contributed by atoms with Gasteiger partial charge in [0, 0.05) is 24.5 Å². The number of benzene rings is 2. The molecule has 128 valence electrons. The highest BCUT2D eigenvalue weighted by Gasteiger charge is 2.23. The van der Waals surface area contributed by atoms with Gasteiger partial charge in [-0.3, -0.25) is 9.48 Å². The molecule has 4 nitrogen and oxygen atoms in total. The fourth-order valence-electron chi connectivity index (χ4n) is 2.73. The number of rotatable bonds is 4. The van der Waals surface area contributed by atoms with Crippen LogP contribution in [0, 0.1) is 6.92 Å². The van der Waals surface area contributed by atoms with Crippen LogP contribution in [0.15, 0.2) is 54.7 Å². The summed E-state index contributed by atoms with van der Waals surface area (Å²) in [6.07, 6.45) is -1.51. The zero-order chi connectivity index (χ0) is 18.0. The number of para-hydroxylation sites is 1. The summed E-state index contributed by atoms with van der Waals surface area (Å²) in [5, 5.41) is 6.41. The first-order chi connectivity index (χ1) is 12.0. The Balaban J connectivity index is 1.97. The topological polar surface area (TPSA) is 46.9 Å². The molecule has 3 aromatic rings. The highest BCUT2D eigenvalue weighted by atomic mass is 19.3. The van der Waals surface area contributed by atoms with Crippen molar-refractivity contribution in [3.05, 3.63) is 71.5 Å². The van der Waals surface area contributed by atoms with E-state index in [1.807, 2.05) is 43.3 Å². The lowest BCUT2D eigenvalue weighted by molar-refractivity contribution is 0.101. The molecule has 1 N–H and O–H groups in total. The number of carbonyl (C=O) groups excluding carboxylic acids is 1. The molecule has 0 spiro atoms. The zero-order valence-electron chi connectivity index (χ0n) is 13.8. The molecule has 0 saturated carbocycles. The number of aromatic nitrogens is 2. The van der Waals surface area contributed by atoms with Gasteiger partial charge in [-0.15, -0.1) is 0 Å². The molecule has 6 heteroatoms. The number of anilines is 1. The summed E-state index contributed by atoms with van der Waals surface area (Å²) in [4.78, 5) is 12.5. The molecule has 0 saturated heterocycles. The van der Waals surface area contributed by atoms with Crippen LogP contribution in [0.25, 0.3) is 11.1 Å². The Bertz CT molecular complexity index is 919. The van der Waals surface area contributed by atoms with Gasteiger partial charge in [0.05, 0.1) is 5.56 Å². The number of halogens is 2. The third-order valence-electron chi connectivity index (χ3n) is 3.92. The van der Waals surface area contributed by atoms with Gasteiger partial charge in [0.25, 0.3) is 12.3 Å². The van der Waals surface area contributed by atoms with Crippen molar-refractivity contribution in [2.45, 2.75) is 13.3 Å². The molecule has 0 aliphatic rings. The molecule has 0 fully saturated rings. The van der Waals surface area contributed by atoms with Crippen LogP contribution in [-0.4, -0.2) is 15.7 Å². The van der Waals surface area contributed by atoms with Gasteiger partial charge >= 0.3 is 0 Å². The van der Waals surface area contributed by atoms with Crippen LogP contribution in [0.5, 0.6) is 0 Å². The van der Waals surface area contributed by atoms with Gasteiger partial charge in [-0.2, -0.15) is 5.10 Å². The van der Waals surface area contributed by atoms with Gasteiger partial charge < -0.3 is 5.32 Å². The minimum Gasteiger partial charge on any atom is -0.321 e. The molecule has 0 aliphatic carbocycles. The largest absolute Gasteiger partial charge is 0.321 e. The fraction of sp³-hybridized carbons (Fsp3) is 0.158. The first-order valence-electron chi connectivity index (χ1n) is 7.75. The van der Waals surface area contributed by atoms with Gasteiger partial charge in [0.2, 0.25) is 0 Å². The minimum absolute atomic E-state index is 0.128. The van der Waals surface area contributed by atoms with E-state index >= 15 is 0 Å². The number of alkyl halides is 2. The Morgan fingerprint density at radius 3 is 2.40 bits per heavy atom. The van der Waals surface area contributed by atoms with Crippen molar-refractivity contribution in [1.29, 1.82) is 0 Å². The average molecular weight is 341 g/mol. The van der Waals surface area contributed by atoms with Crippen LogP contribution in [-0.2, 0) is 7.05 Å². The Labute approximate surface area is 144 Å². The molecular formula is C19H17F2N3O. The molecule has 1 amide bonds. The van der Waals surface area contributed by atoms with Gasteiger partial charge in [0.1, 0.15) is 5.69 Å². The van der Waals surface area contributed by atoms with E-state index in [1.54, 1.807) is 12.1 Å². The van der Waals surface area contributed by atoms with E-state index in [0.29, 0.717) is 5.69 Å². The SMILES string of the molecule is Cc1ccccc1-c1ccccc1NC(=O)c1cn(C)nc1C(F)F. The van der Waals surface area contributed by atoms with Crippen LogP contribution in [0.4, 0.5) is 14.5 Å². The average Bonchev–Trinajstić information content (AvgIpc) is 2.98. The summed E-state index contributed by atoms with van der Waals surface area (Å²) in [7, 11) is 1.50. The van der Waals surface area contributed by atoms with Crippen molar-refractivity contribution in [3.63, 3.8) is 0 Å². The van der Waals surface area contributed by atoms with Crippen molar-refractivity contribution < 1.29 is 13.6 Å². The molecule has 0 aliphatic heterocycles. The van der Waals surface area contributed by atoms with E-state index < -0.39 is 18.0 Å². The Hall–Kier alpha value is -3.02. The summed E-state index contributed by atoms with van der Waals surface area (Å²) in [5.74, 6) is -0.607. The highest BCUT2D eigenvalue weighted by molar-refractivity contribution is 6.07. The van der Waals surface area contributed by atoms with Crippen molar-refractivity contribution in [3.8, 4) is 11.1 Å². The van der Waals surface area contributed by atoms with Crippen LogP contribution in [0.2, 0.25) is 0 Å². The minimum atomic E-state index is -2.81. The molecular weight excluding hydrogens is 324 g/mol. The fourth-order valence-corrected chi connectivity index (χ4v) is 2.73. The predicted molar refractivity (Wildman–Crippen MR) is 92.7 cm³/mol. The predicted octanol–water partition coefficient (Wildman–Crippen LogP) is 4.59. The summed E-state index contributed by atoms with van der Waals surface area (Å²) in [6, 6.07) is 15.1. The number of hydrogen-bond donors (Lipinski definition) is 1.